The minimum Gasteiger partial charge on any atom is -0.330 e. The second-order valence-electron chi connectivity index (χ2n) is 3.62. The summed E-state index contributed by atoms with van der Waals surface area (Å²) in [5.74, 6) is 0. The smallest absolute Gasteiger partial charge is 0.0832 e. The van der Waals surface area contributed by atoms with E-state index in [1.807, 2.05) is 24.4 Å². The van der Waals surface area contributed by atoms with E-state index in [0.29, 0.717) is 11.6 Å². The van der Waals surface area contributed by atoms with Crippen LogP contribution in [0.1, 0.15) is 12.1 Å². The molecule has 2 aromatic rings. The molecule has 4 nitrogen and oxygen atoms in total. The quantitative estimate of drug-likeness (QED) is 0.943. The zero-order valence-electron chi connectivity index (χ0n) is 9.11. The molecular formula is C11H12BrClN4. The standard InChI is InChI=1S/C11H12BrClN4/c12-11-9(13)4-1-5-10(11)17-7-8(15-16-17)3-2-6-14/h1,4-5,7H,2-3,6,14H2. The second-order valence-corrected chi connectivity index (χ2v) is 4.82. The van der Waals surface area contributed by atoms with Gasteiger partial charge >= 0.3 is 0 Å². The minimum atomic E-state index is 0.654. The Bertz CT molecular complexity index is 512. The normalized spacial score (nSPS) is 10.8. The molecule has 0 aliphatic heterocycles. The number of benzene rings is 1. The lowest BCUT2D eigenvalue weighted by Crippen LogP contribution is -2.00. The molecule has 2 rings (SSSR count). The Morgan fingerprint density at radius 1 is 1.41 bits per heavy atom. The van der Waals surface area contributed by atoms with E-state index in [2.05, 4.69) is 26.2 Å². The first-order valence-corrected chi connectivity index (χ1v) is 6.45. The number of nitrogens with zero attached hydrogens (tertiary/aromatic N) is 3. The first kappa shape index (κ1) is 12.5. The fourth-order valence-corrected chi connectivity index (χ4v) is 2.10. The number of nitrogens with two attached hydrogens (primary N) is 1. The van der Waals surface area contributed by atoms with Gasteiger partial charge in [-0.15, -0.1) is 5.10 Å². The Morgan fingerprint density at radius 3 is 3.00 bits per heavy atom. The summed E-state index contributed by atoms with van der Waals surface area (Å²) in [6.45, 7) is 0.660. The van der Waals surface area contributed by atoms with E-state index in [1.54, 1.807) is 4.68 Å². The number of hydrogen-bond donors (Lipinski definition) is 1. The molecule has 0 saturated heterocycles. The van der Waals surface area contributed by atoms with Crippen molar-refractivity contribution in [2.45, 2.75) is 12.8 Å². The van der Waals surface area contributed by atoms with Crippen molar-refractivity contribution in [1.82, 2.24) is 15.0 Å². The zero-order valence-corrected chi connectivity index (χ0v) is 11.4. The van der Waals surface area contributed by atoms with Crippen molar-refractivity contribution >= 4 is 27.5 Å². The first-order valence-electron chi connectivity index (χ1n) is 5.28. The molecule has 0 unspecified atom stereocenters. The molecule has 0 fully saturated rings. The Morgan fingerprint density at radius 2 is 2.24 bits per heavy atom. The van der Waals surface area contributed by atoms with E-state index in [9.17, 15) is 0 Å². The summed E-state index contributed by atoms with van der Waals surface area (Å²) in [5.41, 5.74) is 7.27. The molecule has 0 aliphatic rings. The maximum Gasteiger partial charge on any atom is 0.0832 e. The molecule has 90 valence electrons. The van der Waals surface area contributed by atoms with E-state index in [1.165, 1.54) is 0 Å². The van der Waals surface area contributed by atoms with Gasteiger partial charge in [0.2, 0.25) is 0 Å². The van der Waals surface area contributed by atoms with E-state index < -0.39 is 0 Å². The highest BCUT2D eigenvalue weighted by molar-refractivity contribution is 9.10. The number of aromatic nitrogens is 3. The highest BCUT2D eigenvalue weighted by atomic mass is 79.9. The van der Waals surface area contributed by atoms with E-state index in [4.69, 9.17) is 17.3 Å². The number of hydrogen-bond acceptors (Lipinski definition) is 3. The Labute approximate surface area is 113 Å². The van der Waals surface area contributed by atoms with Crippen LogP contribution in [0.25, 0.3) is 5.69 Å². The van der Waals surface area contributed by atoms with Crippen LogP contribution in [0.3, 0.4) is 0 Å². The van der Waals surface area contributed by atoms with Crippen LogP contribution in [-0.4, -0.2) is 21.5 Å². The first-order chi connectivity index (χ1) is 8.22. The Kier molecular flexibility index (Phi) is 4.15. The number of rotatable bonds is 4. The van der Waals surface area contributed by atoms with Crippen LogP contribution < -0.4 is 5.73 Å². The van der Waals surface area contributed by atoms with Gasteiger partial charge in [-0.1, -0.05) is 22.9 Å². The minimum absolute atomic E-state index is 0.654. The highest BCUT2D eigenvalue weighted by Gasteiger charge is 2.08. The lowest BCUT2D eigenvalue weighted by atomic mass is 10.2. The molecule has 0 spiro atoms. The van der Waals surface area contributed by atoms with Crippen LogP contribution in [0.15, 0.2) is 28.9 Å². The lowest BCUT2D eigenvalue weighted by molar-refractivity contribution is 0.777. The van der Waals surface area contributed by atoms with Gasteiger partial charge < -0.3 is 5.73 Å². The van der Waals surface area contributed by atoms with E-state index in [0.717, 1.165) is 28.7 Å². The molecule has 0 bridgehead atoms. The van der Waals surface area contributed by atoms with Gasteiger partial charge in [-0.2, -0.15) is 0 Å². The van der Waals surface area contributed by atoms with Gasteiger partial charge in [-0.3, -0.25) is 0 Å². The summed E-state index contributed by atoms with van der Waals surface area (Å²) in [7, 11) is 0. The van der Waals surface area contributed by atoms with E-state index in [-0.39, 0.29) is 0 Å². The fraction of sp³-hybridized carbons (Fsp3) is 0.273. The van der Waals surface area contributed by atoms with Gasteiger partial charge in [-0.05, 0) is 47.4 Å². The van der Waals surface area contributed by atoms with Crippen LogP contribution in [-0.2, 0) is 6.42 Å². The second kappa shape index (κ2) is 5.62. The number of halogens is 2. The fourth-order valence-electron chi connectivity index (χ4n) is 1.48. The molecule has 2 N–H and O–H groups in total. The molecular weight excluding hydrogens is 304 g/mol. The Hall–Kier alpha value is -0.910. The molecule has 17 heavy (non-hydrogen) atoms. The van der Waals surface area contributed by atoms with Gasteiger partial charge in [0.25, 0.3) is 0 Å². The monoisotopic (exact) mass is 314 g/mol. The summed E-state index contributed by atoms with van der Waals surface area (Å²) in [6, 6.07) is 5.63. The van der Waals surface area contributed by atoms with Crippen LogP contribution in [0, 0.1) is 0 Å². The maximum atomic E-state index is 6.03. The third kappa shape index (κ3) is 2.86. The largest absolute Gasteiger partial charge is 0.330 e. The third-order valence-corrected chi connectivity index (χ3v) is 3.73. The SMILES string of the molecule is NCCCc1cn(-c2cccc(Cl)c2Br)nn1. The van der Waals surface area contributed by atoms with Gasteiger partial charge in [0.1, 0.15) is 0 Å². The van der Waals surface area contributed by atoms with E-state index >= 15 is 0 Å². The summed E-state index contributed by atoms with van der Waals surface area (Å²) in [4.78, 5) is 0. The van der Waals surface area contributed by atoms with Crippen molar-refractivity contribution in [3.8, 4) is 5.69 Å². The lowest BCUT2D eigenvalue weighted by Gasteiger charge is -2.04. The highest BCUT2D eigenvalue weighted by Crippen LogP contribution is 2.28. The predicted molar refractivity (Wildman–Crippen MR) is 71.4 cm³/mol. The predicted octanol–water partition coefficient (Wildman–Crippen LogP) is 2.57. The van der Waals surface area contributed by atoms with Crippen molar-refractivity contribution in [2.24, 2.45) is 5.73 Å². The molecule has 1 aromatic carbocycles. The molecule has 6 heteroatoms. The summed E-state index contributed by atoms with van der Waals surface area (Å²) in [5, 5.41) is 8.83. The average Bonchev–Trinajstić information content (AvgIpc) is 2.78. The molecule has 0 saturated carbocycles. The molecule has 0 radical (unpaired) electrons. The zero-order chi connectivity index (χ0) is 12.3. The van der Waals surface area contributed by atoms with Gasteiger partial charge in [0, 0.05) is 0 Å². The number of aryl methyl sites for hydroxylation is 1. The molecule has 0 aliphatic carbocycles. The summed E-state index contributed by atoms with van der Waals surface area (Å²) >= 11 is 9.47. The molecule has 1 aromatic heterocycles. The van der Waals surface area contributed by atoms with Gasteiger partial charge in [0.15, 0.2) is 0 Å². The molecule has 0 amide bonds. The molecule has 1 heterocycles. The van der Waals surface area contributed by atoms with Crippen LogP contribution in [0.5, 0.6) is 0 Å². The van der Waals surface area contributed by atoms with Crippen molar-refractivity contribution in [3.63, 3.8) is 0 Å². The van der Waals surface area contributed by atoms with Crippen molar-refractivity contribution in [2.75, 3.05) is 6.54 Å². The molecule has 0 atom stereocenters. The Balaban J connectivity index is 2.27. The maximum absolute atomic E-state index is 6.03. The third-order valence-electron chi connectivity index (χ3n) is 2.36. The van der Waals surface area contributed by atoms with Crippen molar-refractivity contribution < 1.29 is 0 Å². The van der Waals surface area contributed by atoms with Crippen LogP contribution >= 0.6 is 27.5 Å². The van der Waals surface area contributed by atoms with Crippen molar-refractivity contribution in [1.29, 1.82) is 0 Å². The topological polar surface area (TPSA) is 56.7 Å². The summed E-state index contributed by atoms with van der Waals surface area (Å²) in [6.07, 6.45) is 3.65. The van der Waals surface area contributed by atoms with Crippen molar-refractivity contribution in [3.05, 3.63) is 39.6 Å². The average molecular weight is 316 g/mol. The summed E-state index contributed by atoms with van der Waals surface area (Å²) < 4.78 is 2.53. The van der Waals surface area contributed by atoms with Gasteiger partial charge in [0.05, 0.1) is 27.1 Å². The van der Waals surface area contributed by atoms with Crippen LogP contribution in [0.2, 0.25) is 5.02 Å². The van der Waals surface area contributed by atoms with Crippen LogP contribution in [0.4, 0.5) is 0 Å². The van der Waals surface area contributed by atoms with Gasteiger partial charge in [-0.25, -0.2) is 4.68 Å².